The van der Waals surface area contributed by atoms with Crippen LogP contribution in [0.15, 0.2) is 30.3 Å². The van der Waals surface area contributed by atoms with Crippen LogP contribution in [0.5, 0.6) is 0 Å². The van der Waals surface area contributed by atoms with E-state index in [1.807, 2.05) is 6.07 Å². The first-order valence-electron chi connectivity index (χ1n) is 6.58. The number of nitrogens with one attached hydrogen (secondary N) is 1. The molecule has 1 heterocycles. The number of hydrogen-bond donors (Lipinski definition) is 1. The number of thiazole rings is 1. The number of aromatic nitrogens is 1. The van der Waals surface area contributed by atoms with Gasteiger partial charge in [-0.25, -0.2) is 4.98 Å². The van der Waals surface area contributed by atoms with Gasteiger partial charge in [0.15, 0.2) is 0 Å². The Hall–Kier alpha value is -1.23. The number of nitrogens with zero attached hydrogens (tertiary/aromatic N) is 1. The third-order valence-corrected chi connectivity index (χ3v) is 3.96. The third-order valence-electron chi connectivity index (χ3n) is 2.84. The molecule has 102 valence electrons. The minimum atomic E-state index is 0.725. The van der Waals surface area contributed by atoms with Gasteiger partial charge in [0, 0.05) is 30.5 Å². The predicted octanol–water partition coefficient (Wildman–Crippen LogP) is 3.11. The van der Waals surface area contributed by atoms with Crippen molar-refractivity contribution in [2.45, 2.75) is 19.9 Å². The molecule has 0 atom stereocenters. The van der Waals surface area contributed by atoms with Crippen LogP contribution in [-0.2, 0) is 17.7 Å². The first-order chi connectivity index (χ1) is 9.35. The van der Waals surface area contributed by atoms with Gasteiger partial charge in [-0.2, -0.15) is 0 Å². The molecule has 3 nitrogen and oxygen atoms in total. The molecule has 0 aliphatic heterocycles. The van der Waals surface area contributed by atoms with Crippen molar-refractivity contribution in [1.82, 2.24) is 10.3 Å². The molecule has 0 aliphatic rings. The van der Waals surface area contributed by atoms with Crippen molar-refractivity contribution in [3.8, 4) is 11.3 Å². The summed E-state index contributed by atoms with van der Waals surface area (Å²) in [6.45, 7) is 4.70. The molecule has 1 N–H and O–H groups in total. The van der Waals surface area contributed by atoms with Gasteiger partial charge < -0.3 is 10.1 Å². The Morgan fingerprint density at radius 3 is 2.74 bits per heavy atom. The maximum atomic E-state index is 5.13. The second kappa shape index (κ2) is 7.38. The molecule has 4 heteroatoms. The molecule has 0 saturated carbocycles. The van der Waals surface area contributed by atoms with E-state index in [0.717, 1.165) is 36.8 Å². The normalized spacial score (nSPS) is 10.8. The van der Waals surface area contributed by atoms with E-state index in [1.165, 1.54) is 10.4 Å². The quantitative estimate of drug-likeness (QED) is 0.843. The summed E-state index contributed by atoms with van der Waals surface area (Å²) in [5.41, 5.74) is 2.30. The fourth-order valence-corrected chi connectivity index (χ4v) is 2.92. The SMILES string of the molecule is CCNCc1sc(CCOC)nc1-c1ccccc1. The Balaban J connectivity index is 2.25. The molecule has 0 radical (unpaired) electrons. The van der Waals surface area contributed by atoms with Crippen molar-refractivity contribution < 1.29 is 4.74 Å². The van der Waals surface area contributed by atoms with E-state index in [2.05, 4.69) is 36.5 Å². The van der Waals surface area contributed by atoms with Gasteiger partial charge >= 0.3 is 0 Å². The van der Waals surface area contributed by atoms with Crippen molar-refractivity contribution in [1.29, 1.82) is 0 Å². The minimum Gasteiger partial charge on any atom is -0.384 e. The predicted molar refractivity (Wildman–Crippen MR) is 80.5 cm³/mol. The Morgan fingerprint density at radius 2 is 2.05 bits per heavy atom. The summed E-state index contributed by atoms with van der Waals surface area (Å²) in [7, 11) is 1.73. The standard InChI is InChI=1S/C15H20N2OS/c1-3-16-11-13-15(12-7-5-4-6-8-12)17-14(19-13)9-10-18-2/h4-8,16H,3,9-11H2,1-2H3. The smallest absolute Gasteiger partial charge is 0.0958 e. The van der Waals surface area contributed by atoms with Crippen LogP contribution in [0.2, 0.25) is 0 Å². The molecule has 0 unspecified atom stereocenters. The zero-order valence-electron chi connectivity index (χ0n) is 11.5. The lowest BCUT2D eigenvalue weighted by Gasteiger charge is -2.02. The Morgan fingerprint density at radius 1 is 1.26 bits per heavy atom. The van der Waals surface area contributed by atoms with Gasteiger partial charge in [0.05, 0.1) is 17.3 Å². The van der Waals surface area contributed by atoms with Crippen LogP contribution in [0.3, 0.4) is 0 Å². The van der Waals surface area contributed by atoms with E-state index in [4.69, 9.17) is 9.72 Å². The summed E-state index contributed by atoms with van der Waals surface area (Å²) >= 11 is 1.78. The summed E-state index contributed by atoms with van der Waals surface area (Å²) < 4.78 is 5.13. The molecule has 2 rings (SSSR count). The van der Waals surface area contributed by atoms with Gasteiger partial charge in [0.1, 0.15) is 0 Å². The Kier molecular flexibility index (Phi) is 5.51. The highest BCUT2D eigenvalue weighted by Gasteiger charge is 2.12. The fourth-order valence-electron chi connectivity index (χ4n) is 1.88. The lowest BCUT2D eigenvalue weighted by molar-refractivity contribution is 0.202. The Bertz CT molecular complexity index is 496. The van der Waals surface area contributed by atoms with Gasteiger partial charge in [-0.3, -0.25) is 0 Å². The van der Waals surface area contributed by atoms with Crippen LogP contribution in [0, 0.1) is 0 Å². The molecule has 0 amide bonds. The average Bonchev–Trinajstić information content (AvgIpc) is 2.87. The zero-order valence-corrected chi connectivity index (χ0v) is 12.3. The van der Waals surface area contributed by atoms with E-state index in [-0.39, 0.29) is 0 Å². The summed E-state index contributed by atoms with van der Waals surface area (Å²) in [4.78, 5) is 6.07. The second-order valence-electron chi connectivity index (χ2n) is 4.27. The van der Waals surface area contributed by atoms with Crippen molar-refractivity contribution >= 4 is 11.3 Å². The molecule has 2 aromatic rings. The van der Waals surface area contributed by atoms with E-state index < -0.39 is 0 Å². The molecular weight excluding hydrogens is 256 g/mol. The number of rotatable bonds is 7. The third kappa shape index (κ3) is 3.86. The number of benzene rings is 1. The van der Waals surface area contributed by atoms with E-state index in [1.54, 1.807) is 18.4 Å². The van der Waals surface area contributed by atoms with Gasteiger partial charge in [-0.1, -0.05) is 37.3 Å². The van der Waals surface area contributed by atoms with Crippen LogP contribution >= 0.6 is 11.3 Å². The molecule has 0 saturated heterocycles. The monoisotopic (exact) mass is 276 g/mol. The molecule has 0 spiro atoms. The summed E-state index contributed by atoms with van der Waals surface area (Å²) in [5.74, 6) is 0. The minimum absolute atomic E-state index is 0.725. The van der Waals surface area contributed by atoms with E-state index >= 15 is 0 Å². The van der Waals surface area contributed by atoms with Crippen molar-refractivity contribution in [2.24, 2.45) is 0 Å². The summed E-state index contributed by atoms with van der Waals surface area (Å²) in [6.07, 6.45) is 0.882. The largest absolute Gasteiger partial charge is 0.384 e. The van der Waals surface area contributed by atoms with E-state index in [0.29, 0.717) is 0 Å². The molecule has 1 aromatic carbocycles. The van der Waals surface area contributed by atoms with Crippen LogP contribution in [-0.4, -0.2) is 25.2 Å². The van der Waals surface area contributed by atoms with Crippen LogP contribution in [0.25, 0.3) is 11.3 Å². The van der Waals surface area contributed by atoms with Gasteiger partial charge in [0.25, 0.3) is 0 Å². The van der Waals surface area contributed by atoms with E-state index in [9.17, 15) is 0 Å². The maximum absolute atomic E-state index is 5.13. The maximum Gasteiger partial charge on any atom is 0.0958 e. The summed E-state index contributed by atoms with van der Waals surface area (Å²) in [5, 5.41) is 4.53. The lowest BCUT2D eigenvalue weighted by Crippen LogP contribution is -2.11. The highest BCUT2D eigenvalue weighted by atomic mass is 32.1. The van der Waals surface area contributed by atoms with Crippen LogP contribution in [0.4, 0.5) is 0 Å². The molecule has 0 aliphatic carbocycles. The number of methoxy groups -OCH3 is 1. The highest BCUT2D eigenvalue weighted by Crippen LogP contribution is 2.28. The second-order valence-corrected chi connectivity index (χ2v) is 5.44. The first-order valence-corrected chi connectivity index (χ1v) is 7.40. The zero-order chi connectivity index (χ0) is 13.5. The van der Waals surface area contributed by atoms with Gasteiger partial charge in [-0.15, -0.1) is 11.3 Å². The lowest BCUT2D eigenvalue weighted by atomic mass is 10.1. The van der Waals surface area contributed by atoms with Crippen molar-refractivity contribution in [3.63, 3.8) is 0 Å². The first kappa shape index (κ1) is 14.2. The fraction of sp³-hybridized carbons (Fsp3) is 0.400. The number of hydrogen-bond acceptors (Lipinski definition) is 4. The highest BCUT2D eigenvalue weighted by molar-refractivity contribution is 7.12. The Labute approximate surface area is 118 Å². The summed E-state index contributed by atoms with van der Waals surface area (Å²) in [6, 6.07) is 10.4. The van der Waals surface area contributed by atoms with Gasteiger partial charge in [0.2, 0.25) is 0 Å². The van der Waals surface area contributed by atoms with Crippen LogP contribution in [0.1, 0.15) is 16.8 Å². The van der Waals surface area contributed by atoms with Crippen molar-refractivity contribution in [3.05, 3.63) is 40.2 Å². The molecule has 1 aromatic heterocycles. The topological polar surface area (TPSA) is 34.1 Å². The van der Waals surface area contributed by atoms with Crippen molar-refractivity contribution in [2.75, 3.05) is 20.3 Å². The molecule has 0 fully saturated rings. The molecule has 0 bridgehead atoms. The average molecular weight is 276 g/mol. The molecule has 19 heavy (non-hydrogen) atoms. The number of ether oxygens (including phenoxy) is 1. The van der Waals surface area contributed by atoms with Crippen LogP contribution < -0.4 is 5.32 Å². The van der Waals surface area contributed by atoms with Gasteiger partial charge in [-0.05, 0) is 6.54 Å². The molecular formula is C15H20N2OS.